The molecule has 1 N–H and O–H groups in total. The lowest BCUT2D eigenvalue weighted by atomic mass is 10.1. The highest BCUT2D eigenvalue weighted by atomic mass is 16.5. The molecule has 0 aliphatic rings. The number of amides is 1. The van der Waals surface area contributed by atoms with Crippen molar-refractivity contribution in [1.29, 1.82) is 0 Å². The van der Waals surface area contributed by atoms with E-state index in [1.165, 1.54) is 6.08 Å². The number of carbonyl (C=O) groups excluding carboxylic acids is 1. The van der Waals surface area contributed by atoms with E-state index in [1.54, 1.807) is 13.2 Å². The maximum Gasteiger partial charge on any atom is 0.248 e. The van der Waals surface area contributed by atoms with E-state index in [4.69, 9.17) is 9.47 Å². The van der Waals surface area contributed by atoms with Gasteiger partial charge in [0.15, 0.2) is 0 Å². The predicted molar refractivity (Wildman–Crippen MR) is 93.0 cm³/mol. The molecular weight excluding hydrogens is 290 g/mol. The molecule has 2 aromatic carbocycles. The van der Waals surface area contributed by atoms with Gasteiger partial charge in [-0.15, -0.1) is 0 Å². The summed E-state index contributed by atoms with van der Waals surface area (Å²) in [5, 5.41) is 2.81. The molecule has 1 amide bonds. The first-order valence-corrected chi connectivity index (χ1v) is 7.49. The quantitative estimate of drug-likeness (QED) is 0.819. The van der Waals surface area contributed by atoms with Crippen LogP contribution in [0.3, 0.4) is 0 Å². The van der Waals surface area contributed by atoms with Crippen molar-refractivity contribution in [2.45, 2.75) is 13.8 Å². The van der Waals surface area contributed by atoms with Crippen LogP contribution < -0.4 is 14.8 Å². The summed E-state index contributed by atoms with van der Waals surface area (Å²) in [6, 6.07) is 13.1. The molecule has 0 spiro atoms. The van der Waals surface area contributed by atoms with Crippen molar-refractivity contribution in [1.82, 2.24) is 0 Å². The molecule has 0 aromatic heterocycles. The molecule has 0 saturated carbocycles. The van der Waals surface area contributed by atoms with Crippen molar-refractivity contribution < 1.29 is 14.3 Å². The summed E-state index contributed by atoms with van der Waals surface area (Å²) in [4.78, 5) is 12.0. The van der Waals surface area contributed by atoms with Gasteiger partial charge in [-0.2, -0.15) is 0 Å². The van der Waals surface area contributed by atoms with Crippen molar-refractivity contribution in [3.05, 3.63) is 59.7 Å². The van der Waals surface area contributed by atoms with Crippen LogP contribution in [0.25, 0.3) is 6.08 Å². The Morgan fingerprint density at radius 2 is 1.91 bits per heavy atom. The van der Waals surface area contributed by atoms with Crippen LogP contribution in [-0.2, 0) is 4.79 Å². The van der Waals surface area contributed by atoms with Crippen LogP contribution >= 0.6 is 0 Å². The highest BCUT2D eigenvalue weighted by molar-refractivity contribution is 6.02. The standard InChI is InChI=1S/C19H21NO3/c1-4-23-17-9-7-16(8-10-17)20-19(21)12-6-15-13-14(2)5-11-18(15)22-3/h5-13H,4H2,1-3H3,(H,20,21)/b12-6+. The minimum absolute atomic E-state index is 0.197. The van der Waals surface area contributed by atoms with E-state index < -0.39 is 0 Å². The molecule has 0 fully saturated rings. The fourth-order valence-electron chi connectivity index (χ4n) is 2.13. The summed E-state index contributed by atoms with van der Waals surface area (Å²) in [5.74, 6) is 1.32. The molecule has 120 valence electrons. The van der Waals surface area contributed by atoms with Gasteiger partial charge in [-0.3, -0.25) is 4.79 Å². The Bertz CT molecular complexity index is 690. The number of anilines is 1. The maximum absolute atomic E-state index is 12.0. The van der Waals surface area contributed by atoms with Crippen LogP contribution in [0.1, 0.15) is 18.1 Å². The van der Waals surface area contributed by atoms with Gasteiger partial charge >= 0.3 is 0 Å². The van der Waals surface area contributed by atoms with Gasteiger partial charge in [0.05, 0.1) is 13.7 Å². The molecule has 0 bridgehead atoms. The van der Waals surface area contributed by atoms with Gasteiger partial charge in [-0.25, -0.2) is 0 Å². The summed E-state index contributed by atoms with van der Waals surface area (Å²) in [5.41, 5.74) is 2.70. The monoisotopic (exact) mass is 311 g/mol. The zero-order valence-corrected chi connectivity index (χ0v) is 13.6. The second-order valence-electron chi connectivity index (χ2n) is 5.03. The van der Waals surface area contributed by atoms with Gasteiger partial charge in [-0.1, -0.05) is 11.6 Å². The number of hydrogen-bond acceptors (Lipinski definition) is 3. The van der Waals surface area contributed by atoms with E-state index >= 15 is 0 Å². The second-order valence-corrected chi connectivity index (χ2v) is 5.03. The summed E-state index contributed by atoms with van der Waals surface area (Å²) >= 11 is 0. The van der Waals surface area contributed by atoms with Crippen LogP contribution in [-0.4, -0.2) is 19.6 Å². The first-order valence-electron chi connectivity index (χ1n) is 7.49. The number of benzene rings is 2. The Balaban J connectivity index is 2.03. The van der Waals surface area contributed by atoms with Crippen LogP contribution in [0.15, 0.2) is 48.5 Å². The molecule has 0 aliphatic heterocycles. The number of hydrogen-bond donors (Lipinski definition) is 1. The van der Waals surface area contributed by atoms with Gasteiger partial charge in [0.1, 0.15) is 11.5 Å². The van der Waals surface area contributed by atoms with Crippen molar-refractivity contribution in [2.75, 3.05) is 19.0 Å². The van der Waals surface area contributed by atoms with Gasteiger partial charge in [0.25, 0.3) is 0 Å². The second kappa shape index (κ2) is 8.03. The fourth-order valence-corrected chi connectivity index (χ4v) is 2.13. The smallest absolute Gasteiger partial charge is 0.248 e. The van der Waals surface area contributed by atoms with E-state index in [0.29, 0.717) is 6.61 Å². The summed E-state index contributed by atoms with van der Waals surface area (Å²) < 4.78 is 10.7. The third-order valence-electron chi connectivity index (χ3n) is 3.23. The minimum atomic E-state index is -0.197. The lowest BCUT2D eigenvalue weighted by molar-refractivity contribution is -0.111. The predicted octanol–water partition coefficient (Wildman–Crippen LogP) is 4.05. The van der Waals surface area contributed by atoms with Gasteiger partial charge in [0.2, 0.25) is 5.91 Å². The Kier molecular flexibility index (Phi) is 5.80. The van der Waals surface area contributed by atoms with Crippen LogP contribution in [0.2, 0.25) is 0 Å². The molecule has 0 aliphatic carbocycles. The molecule has 4 nitrogen and oxygen atoms in total. The Morgan fingerprint density at radius 3 is 2.57 bits per heavy atom. The van der Waals surface area contributed by atoms with Crippen molar-refractivity contribution in [3.63, 3.8) is 0 Å². The third kappa shape index (κ3) is 4.88. The maximum atomic E-state index is 12.0. The number of nitrogens with one attached hydrogen (secondary N) is 1. The molecule has 0 saturated heterocycles. The third-order valence-corrected chi connectivity index (χ3v) is 3.23. The molecule has 0 heterocycles. The van der Waals surface area contributed by atoms with E-state index in [-0.39, 0.29) is 5.91 Å². The minimum Gasteiger partial charge on any atom is -0.496 e. The van der Waals surface area contributed by atoms with Crippen LogP contribution in [0.5, 0.6) is 11.5 Å². The summed E-state index contributed by atoms with van der Waals surface area (Å²) in [7, 11) is 1.61. The average molecular weight is 311 g/mol. The SMILES string of the molecule is CCOc1ccc(NC(=O)/C=C/c2cc(C)ccc2OC)cc1. The Labute approximate surface area is 136 Å². The Hall–Kier alpha value is -2.75. The van der Waals surface area contributed by atoms with Gasteiger partial charge in [-0.05, 0) is 56.3 Å². The number of methoxy groups -OCH3 is 1. The van der Waals surface area contributed by atoms with Crippen molar-refractivity contribution in [2.24, 2.45) is 0 Å². The van der Waals surface area contributed by atoms with E-state index in [9.17, 15) is 4.79 Å². The molecule has 0 atom stereocenters. The van der Waals surface area contributed by atoms with E-state index in [2.05, 4.69) is 5.32 Å². The fraction of sp³-hybridized carbons (Fsp3) is 0.211. The first-order chi connectivity index (χ1) is 11.1. The molecule has 2 rings (SSSR count). The highest BCUT2D eigenvalue weighted by Gasteiger charge is 2.02. The normalized spacial score (nSPS) is 10.6. The van der Waals surface area contributed by atoms with Crippen LogP contribution in [0, 0.1) is 6.92 Å². The molecule has 23 heavy (non-hydrogen) atoms. The largest absolute Gasteiger partial charge is 0.496 e. The molecule has 4 heteroatoms. The first kappa shape index (κ1) is 16.6. The Morgan fingerprint density at radius 1 is 1.17 bits per heavy atom. The lowest BCUT2D eigenvalue weighted by Crippen LogP contribution is -2.07. The number of aryl methyl sites for hydroxylation is 1. The molecule has 2 aromatic rings. The number of rotatable bonds is 6. The van der Waals surface area contributed by atoms with Crippen LogP contribution in [0.4, 0.5) is 5.69 Å². The van der Waals surface area contributed by atoms with E-state index in [0.717, 1.165) is 28.3 Å². The molecule has 0 unspecified atom stereocenters. The topological polar surface area (TPSA) is 47.6 Å². The summed E-state index contributed by atoms with van der Waals surface area (Å²) in [6.07, 6.45) is 3.24. The average Bonchev–Trinajstić information content (AvgIpc) is 2.55. The molecule has 0 radical (unpaired) electrons. The zero-order valence-electron chi connectivity index (χ0n) is 13.6. The molecular formula is C19H21NO3. The number of carbonyl (C=O) groups is 1. The van der Waals surface area contributed by atoms with Crippen molar-refractivity contribution >= 4 is 17.7 Å². The van der Waals surface area contributed by atoms with E-state index in [1.807, 2.05) is 56.3 Å². The van der Waals surface area contributed by atoms with Gasteiger partial charge in [0, 0.05) is 17.3 Å². The van der Waals surface area contributed by atoms with Gasteiger partial charge < -0.3 is 14.8 Å². The van der Waals surface area contributed by atoms with Crippen molar-refractivity contribution in [3.8, 4) is 11.5 Å². The summed E-state index contributed by atoms with van der Waals surface area (Å²) in [6.45, 7) is 4.55. The number of ether oxygens (including phenoxy) is 2. The highest BCUT2D eigenvalue weighted by Crippen LogP contribution is 2.21. The lowest BCUT2D eigenvalue weighted by Gasteiger charge is -2.06. The zero-order chi connectivity index (χ0) is 16.7.